The van der Waals surface area contributed by atoms with E-state index in [2.05, 4.69) is 47.7 Å². The molecule has 7 heteroatoms. The third-order valence-corrected chi connectivity index (χ3v) is 5.91. The highest BCUT2D eigenvalue weighted by atomic mass is 32.1. The van der Waals surface area contributed by atoms with Crippen molar-refractivity contribution in [2.45, 2.75) is 45.4 Å². The Morgan fingerprint density at radius 3 is 2.96 bits per heavy atom. The molecule has 3 heterocycles. The molecule has 1 unspecified atom stereocenters. The van der Waals surface area contributed by atoms with Crippen LogP contribution in [0.2, 0.25) is 0 Å². The van der Waals surface area contributed by atoms with Crippen molar-refractivity contribution in [2.24, 2.45) is 12.0 Å². The molecule has 0 spiro atoms. The van der Waals surface area contributed by atoms with E-state index in [4.69, 9.17) is 9.98 Å². The largest absolute Gasteiger partial charge is 0.357 e. The first-order valence-corrected chi connectivity index (χ1v) is 10.4. The monoisotopic (exact) mass is 374 g/mol. The second kappa shape index (κ2) is 8.66. The molecule has 2 aromatic heterocycles. The minimum atomic E-state index is 0.503. The normalized spacial score (nSPS) is 18.1. The number of aliphatic imine (C=N–C) groups is 1. The Balaban J connectivity index is 1.58. The summed E-state index contributed by atoms with van der Waals surface area (Å²) in [5, 5.41) is 11.2. The first-order valence-electron chi connectivity index (χ1n) is 9.53. The third kappa shape index (κ3) is 4.63. The standard InChI is InChI=1S/C19H30N6S/c1-5-20-19(21-8-6-17-13-26-18(23-17)14(2)3)25-9-7-15(12-25)16-10-22-24(4)11-16/h10-11,13-15H,5-9,12H2,1-4H3,(H,20,21). The van der Waals surface area contributed by atoms with Crippen LogP contribution >= 0.6 is 11.3 Å². The van der Waals surface area contributed by atoms with Crippen LogP contribution in [-0.2, 0) is 13.5 Å². The van der Waals surface area contributed by atoms with Gasteiger partial charge in [-0.25, -0.2) is 4.98 Å². The Labute approximate surface area is 160 Å². The summed E-state index contributed by atoms with van der Waals surface area (Å²) in [6.07, 6.45) is 6.18. The Kier molecular flexibility index (Phi) is 6.29. The molecular weight excluding hydrogens is 344 g/mol. The summed E-state index contributed by atoms with van der Waals surface area (Å²) in [4.78, 5) is 11.9. The molecule has 2 aromatic rings. The number of likely N-dealkylation sites (tertiary alicyclic amines) is 1. The predicted octanol–water partition coefficient (Wildman–Crippen LogP) is 3.00. The molecule has 1 fully saturated rings. The third-order valence-electron chi connectivity index (χ3n) is 4.71. The summed E-state index contributed by atoms with van der Waals surface area (Å²) >= 11 is 1.76. The molecule has 3 rings (SSSR count). The number of hydrogen-bond acceptors (Lipinski definition) is 4. The van der Waals surface area contributed by atoms with Crippen LogP contribution in [0.3, 0.4) is 0 Å². The summed E-state index contributed by atoms with van der Waals surface area (Å²) < 4.78 is 1.89. The SMILES string of the molecule is CCNC(=NCCc1csc(C(C)C)n1)N1CCC(c2cnn(C)c2)C1. The molecule has 0 aromatic carbocycles. The van der Waals surface area contributed by atoms with Gasteiger partial charge < -0.3 is 10.2 Å². The second-order valence-corrected chi connectivity index (χ2v) is 8.09. The number of aryl methyl sites for hydroxylation is 1. The summed E-state index contributed by atoms with van der Waals surface area (Å²) in [5.74, 6) is 2.07. The molecule has 0 radical (unpaired) electrons. The van der Waals surface area contributed by atoms with Crippen molar-refractivity contribution >= 4 is 17.3 Å². The molecule has 142 valence electrons. The Bertz CT molecular complexity index is 732. The van der Waals surface area contributed by atoms with E-state index in [1.54, 1.807) is 11.3 Å². The van der Waals surface area contributed by atoms with Gasteiger partial charge in [0.05, 0.1) is 16.9 Å². The molecule has 0 saturated carbocycles. The predicted molar refractivity (Wildman–Crippen MR) is 108 cm³/mol. The van der Waals surface area contributed by atoms with Gasteiger partial charge in [0.1, 0.15) is 0 Å². The minimum Gasteiger partial charge on any atom is -0.357 e. The van der Waals surface area contributed by atoms with Gasteiger partial charge >= 0.3 is 0 Å². The Morgan fingerprint density at radius 1 is 1.46 bits per heavy atom. The Hall–Kier alpha value is -1.89. The van der Waals surface area contributed by atoms with Gasteiger partial charge in [0.2, 0.25) is 0 Å². The summed E-state index contributed by atoms with van der Waals surface area (Å²) in [6, 6.07) is 0. The van der Waals surface area contributed by atoms with Crippen LogP contribution in [0, 0.1) is 0 Å². The lowest BCUT2D eigenvalue weighted by Crippen LogP contribution is -2.40. The highest BCUT2D eigenvalue weighted by molar-refractivity contribution is 7.09. The first-order chi connectivity index (χ1) is 12.6. The number of thiazole rings is 1. The van der Waals surface area contributed by atoms with E-state index in [9.17, 15) is 0 Å². The maximum Gasteiger partial charge on any atom is 0.193 e. The zero-order valence-electron chi connectivity index (χ0n) is 16.3. The van der Waals surface area contributed by atoms with Crippen LogP contribution in [0.15, 0.2) is 22.8 Å². The number of aromatic nitrogens is 3. The fourth-order valence-corrected chi connectivity index (χ4v) is 4.15. The maximum atomic E-state index is 4.85. The van der Waals surface area contributed by atoms with Gasteiger partial charge in [0.15, 0.2) is 5.96 Å². The minimum absolute atomic E-state index is 0.503. The maximum absolute atomic E-state index is 4.85. The van der Waals surface area contributed by atoms with E-state index in [1.165, 1.54) is 10.6 Å². The molecule has 1 N–H and O–H groups in total. The van der Waals surface area contributed by atoms with Gasteiger partial charge in [-0.3, -0.25) is 9.67 Å². The van der Waals surface area contributed by atoms with Crippen molar-refractivity contribution in [2.75, 3.05) is 26.2 Å². The van der Waals surface area contributed by atoms with Crippen LogP contribution in [0.25, 0.3) is 0 Å². The summed E-state index contributed by atoms with van der Waals surface area (Å²) in [5.41, 5.74) is 2.49. The van der Waals surface area contributed by atoms with Crippen molar-refractivity contribution in [3.8, 4) is 0 Å². The molecule has 6 nitrogen and oxygen atoms in total. The van der Waals surface area contributed by atoms with E-state index in [0.717, 1.165) is 50.7 Å². The lowest BCUT2D eigenvalue weighted by Gasteiger charge is -2.21. The molecule has 26 heavy (non-hydrogen) atoms. The van der Waals surface area contributed by atoms with Crippen molar-refractivity contribution < 1.29 is 0 Å². The second-order valence-electron chi connectivity index (χ2n) is 7.20. The summed E-state index contributed by atoms with van der Waals surface area (Å²) in [6.45, 7) is 10.2. The number of guanidine groups is 1. The topological polar surface area (TPSA) is 58.3 Å². The van der Waals surface area contributed by atoms with Crippen molar-refractivity contribution in [1.29, 1.82) is 0 Å². The molecular formula is C19H30N6S. The Morgan fingerprint density at radius 2 is 2.31 bits per heavy atom. The van der Waals surface area contributed by atoms with Crippen molar-refractivity contribution in [3.63, 3.8) is 0 Å². The fraction of sp³-hybridized carbons (Fsp3) is 0.632. The smallest absolute Gasteiger partial charge is 0.193 e. The molecule has 0 aliphatic carbocycles. The van der Waals surface area contributed by atoms with Gasteiger partial charge in [-0.1, -0.05) is 13.8 Å². The number of rotatable bonds is 6. The van der Waals surface area contributed by atoms with E-state index in [1.807, 2.05) is 17.9 Å². The first kappa shape index (κ1) is 18.9. The van der Waals surface area contributed by atoms with Crippen LogP contribution in [-0.4, -0.2) is 51.8 Å². The van der Waals surface area contributed by atoms with Gasteiger partial charge in [-0.2, -0.15) is 5.10 Å². The van der Waals surface area contributed by atoms with Crippen LogP contribution in [0.4, 0.5) is 0 Å². The zero-order valence-corrected chi connectivity index (χ0v) is 17.1. The highest BCUT2D eigenvalue weighted by Gasteiger charge is 2.26. The van der Waals surface area contributed by atoms with E-state index in [0.29, 0.717) is 11.8 Å². The van der Waals surface area contributed by atoms with Gasteiger partial charge in [-0.05, 0) is 18.9 Å². The van der Waals surface area contributed by atoms with E-state index >= 15 is 0 Å². The lowest BCUT2D eigenvalue weighted by molar-refractivity contribution is 0.486. The van der Waals surface area contributed by atoms with Gasteiger partial charge in [-0.15, -0.1) is 11.3 Å². The number of nitrogens with zero attached hydrogens (tertiary/aromatic N) is 5. The quantitative estimate of drug-likeness (QED) is 0.624. The van der Waals surface area contributed by atoms with E-state index < -0.39 is 0 Å². The number of nitrogens with one attached hydrogen (secondary N) is 1. The molecule has 1 aliphatic rings. The molecule has 0 amide bonds. The zero-order chi connectivity index (χ0) is 18.5. The van der Waals surface area contributed by atoms with Crippen molar-refractivity contribution in [3.05, 3.63) is 34.0 Å². The van der Waals surface area contributed by atoms with Crippen molar-refractivity contribution in [1.82, 2.24) is 25.0 Å². The summed E-state index contributed by atoms with van der Waals surface area (Å²) in [7, 11) is 1.98. The van der Waals surface area contributed by atoms with Crippen LogP contribution in [0.1, 0.15) is 55.3 Å². The van der Waals surface area contributed by atoms with Crippen LogP contribution in [0.5, 0.6) is 0 Å². The van der Waals surface area contributed by atoms with Crippen LogP contribution < -0.4 is 5.32 Å². The lowest BCUT2D eigenvalue weighted by atomic mass is 10.0. The molecule has 1 saturated heterocycles. The molecule has 1 atom stereocenters. The van der Waals surface area contributed by atoms with Gasteiger partial charge in [0.25, 0.3) is 0 Å². The highest BCUT2D eigenvalue weighted by Crippen LogP contribution is 2.26. The average Bonchev–Trinajstić information content (AvgIpc) is 3.34. The molecule has 1 aliphatic heterocycles. The molecule has 0 bridgehead atoms. The fourth-order valence-electron chi connectivity index (χ4n) is 3.28. The number of hydrogen-bond donors (Lipinski definition) is 1. The average molecular weight is 375 g/mol. The van der Waals surface area contributed by atoms with Gasteiger partial charge in [0, 0.05) is 63.1 Å². The van der Waals surface area contributed by atoms with E-state index in [-0.39, 0.29) is 0 Å².